The maximum absolute atomic E-state index is 12.5. The van der Waals surface area contributed by atoms with Gasteiger partial charge in [-0.3, -0.25) is 19.4 Å². The molecule has 1 aromatic carbocycles. The molecule has 3 rings (SSSR count). The summed E-state index contributed by atoms with van der Waals surface area (Å²) in [6.45, 7) is 21.2. The Labute approximate surface area is 230 Å². The zero-order valence-electron chi connectivity index (χ0n) is 23.8. The van der Waals surface area contributed by atoms with Gasteiger partial charge in [0.25, 0.3) is 20.3 Å². The van der Waals surface area contributed by atoms with Crippen LogP contribution >= 0.6 is 8.53 Å². The third-order valence-corrected chi connectivity index (χ3v) is 9.49. The van der Waals surface area contributed by atoms with Crippen LogP contribution in [-0.2, 0) is 9.05 Å². The van der Waals surface area contributed by atoms with E-state index in [4.69, 9.17) is 15.6 Å². The highest BCUT2D eigenvalue weighted by molar-refractivity contribution is 7.44. The van der Waals surface area contributed by atoms with Crippen molar-refractivity contribution in [3.63, 3.8) is 0 Å². The van der Waals surface area contributed by atoms with E-state index in [0.717, 1.165) is 51.6 Å². The summed E-state index contributed by atoms with van der Waals surface area (Å²) < 4.78 is 15.0. The summed E-state index contributed by atoms with van der Waals surface area (Å²) in [6, 6.07) is 8.18. The maximum Gasteiger partial charge on any atom is 0.261 e. The van der Waals surface area contributed by atoms with Crippen molar-refractivity contribution >= 4 is 20.3 Å². The largest absolute Gasteiger partial charge is 0.317 e. The van der Waals surface area contributed by atoms with Gasteiger partial charge in [-0.25, -0.2) is 11.2 Å². The molecule has 0 aliphatic carbocycles. The van der Waals surface area contributed by atoms with Gasteiger partial charge in [0.2, 0.25) is 6.54 Å². The highest BCUT2D eigenvalue weighted by Gasteiger charge is 2.37. The standard InChI is InChI=1S/C29H45N4O4P/c1-7-24-20-25(37-38(36-19-16-30-6)33(22(2)3)23(4)5)21-31(24)17-12-8-9-13-18-32-28(34)26-14-10-11-15-27(26)29(32)35/h10-11,14-15,22-25H,7-9,12-13,16-21H2,1-5H3/t24-,25-,38?/m1/s1. The molecule has 3 atom stereocenters. The third kappa shape index (κ3) is 7.83. The minimum Gasteiger partial charge on any atom is -0.317 e. The number of nitrogens with zero attached hydrogens (tertiary/aromatic N) is 4. The number of amides is 2. The minimum atomic E-state index is -1.22. The minimum absolute atomic E-state index is 0.132. The van der Waals surface area contributed by atoms with Gasteiger partial charge in [-0.15, -0.1) is 0 Å². The van der Waals surface area contributed by atoms with Crippen LogP contribution in [0.15, 0.2) is 24.3 Å². The average Bonchev–Trinajstić information content (AvgIpc) is 3.38. The Hall–Kier alpha value is -1.88. The molecule has 0 N–H and O–H groups in total. The predicted molar refractivity (Wildman–Crippen MR) is 152 cm³/mol. The van der Waals surface area contributed by atoms with E-state index in [1.165, 1.54) is 4.90 Å². The fourth-order valence-corrected chi connectivity index (χ4v) is 7.21. The van der Waals surface area contributed by atoms with E-state index >= 15 is 0 Å². The fourth-order valence-electron chi connectivity index (χ4n) is 5.51. The number of unbranched alkanes of at least 4 members (excludes halogenated alkanes) is 3. The Bertz CT molecular complexity index is 923. The molecular formula is C29H45N4O4P. The molecule has 2 aliphatic rings. The van der Waals surface area contributed by atoms with E-state index in [9.17, 15) is 9.59 Å². The molecule has 1 fully saturated rings. The number of fused-ring (bicyclic) bond motifs is 1. The molecule has 2 heterocycles. The molecule has 210 valence electrons. The van der Waals surface area contributed by atoms with Gasteiger partial charge >= 0.3 is 0 Å². The summed E-state index contributed by atoms with van der Waals surface area (Å²) in [4.78, 5) is 32.4. The monoisotopic (exact) mass is 544 g/mol. The van der Waals surface area contributed by atoms with Gasteiger partial charge in [0.05, 0.1) is 17.2 Å². The van der Waals surface area contributed by atoms with E-state index in [1.54, 1.807) is 24.3 Å². The summed E-state index contributed by atoms with van der Waals surface area (Å²) in [7, 11) is -1.22. The van der Waals surface area contributed by atoms with Gasteiger partial charge < -0.3 is 13.9 Å². The molecular weight excluding hydrogens is 499 g/mol. The molecule has 38 heavy (non-hydrogen) atoms. The lowest BCUT2D eigenvalue weighted by Gasteiger charge is -2.36. The Morgan fingerprint density at radius 1 is 1.03 bits per heavy atom. The lowest BCUT2D eigenvalue weighted by Crippen LogP contribution is -2.35. The number of likely N-dealkylation sites (tertiary alicyclic amines) is 1. The van der Waals surface area contributed by atoms with E-state index < -0.39 is 8.53 Å². The molecule has 0 spiro atoms. The van der Waals surface area contributed by atoms with Gasteiger partial charge in [-0.05, 0) is 72.1 Å². The van der Waals surface area contributed by atoms with Crippen LogP contribution in [0.3, 0.4) is 0 Å². The van der Waals surface area contributed by atoms with Gasteiger partial charge in [-0.1, -0.05) is 31.9 Å². The van der Waals surface area contributed by atoms with Crippen LogP contribution in [0.25, 0.3) is 4.85 Å². The molecule has 1 saturated heterocycles. The number of benzene rings is 1. The molecule has 2 aliphatic heterocycles. The molecule has 0 bridgehead atoms. The maximum atomic E-state index is 12.5. The van der Waals surface area contributed by atoms with Crippen LogP contribution < -0.4 is 0 Å². The molecule has 1 unspecified atom stereocenters. The second-order valence-electron chi connectivity index (χ2n) is 10.8. The highest BCUT2D eigenvalue weighted by atomic mass is 31.2. The van der Waals surface area contributed by atoms with Gasteiger partial charge in [0.1, 0.15) is 6.61 Å². The summed E-state index contributed by atoms with van der Waals surface area (Å²) >= 11 is 0. The van der Waals surface area contributed by atoms with Crippen LogP contribution in [-0.4, -0.2) is 83.3 Å². The zero-order chi connectivity index (χ0) is 27.7. The third-order valence-electron chi connectivity index (χ3n) is 7.31. The molecule has 1 aromatic rings. The smallest absolute Gasteiger partial charge is 0.261 e. The number of hydrogen-bond donors (Lipinski definition) is 0. The van der Waals surface area contributed by atoms with E-state index in [2.05, 4.69) is 49.0 Å². The van der Waals surface area contributed by atoms with Gasteiger partial charge in [0.15, 0.2) is 0 Å². The van der Waals surface area contributed by atoms with Crippen molar-refractivity contribution in [2.75, 3.05) is 32.8 Å². The Morgan fingerprint density at radius 2 is 1.63 bits per heavy atom. The first-order chi connectivity index (χ1) is 18.3. The average molecular weight is 545 g/mol. The summed E-state index contributed by atoms with van der Waals surface area (Å²) in [6.07, 6.45) is 6.22. The molecule has 2 amide bonds. The van der Waals surface area contributed by atoms with Crippen LogP contribution in [0.2, 0.25) is 0 Å². The highest BCUT2D eigenvalue weighted by Crippen LogP contribution is 2.48. The van der Waals surface area contributed by atoms with Crippen LogP contribution in [0.5, 0.6) is 0 Å². The van der Waals surface area contributed by atoms with Crippen molar-refractivity contribution in [3.05, 3.63) is 46.8 Å². The topological polar surface area (TPSA) is 66.7 Å². The van der Waals surface area contributed by atoms with Crippen molar-refractivity contribution in [1.29, 1.82) is 0 Å². The molecule has 9 heteroatoms. The van der Waals surface area contributed by atoms with Crippen molar-refractivity contribution in [2.45, 2.75) is 97.4 Å². The summed E-state index contributed by atoms with van der Waals surface area (Å²) in [5.41, 5.74) is 1.05. The van der Waals surface area contributed by atoms with E-state index in [0.29, 0.717) is 48.9 Å². The van der Waals surface area contributed by atoms with Crippen LogP contribution in [0.1, 0.15) is 93.9 Å². The number of imide groups is 1. The summed E-state index contributed by atoms with van der Waals surface area (Å²) in [5, 5.41) is 0. The number of carbonyl (C=O) groups is 2. The molecule has 0 saturated carbocycles. The van der Waals surface area contributed by atoms with Gasteiger partial charge in [0, 0.05) is 31.2 Å². The Kier molecular flexibility index (Phi) is 12.1. The lowest BCUT2D eigenvalue weighted by molar-refractivity contribution is 0.0651. The SMILES string of the molecule is [C-]#[N+]CCOP(O[C@@H]1C[C@@H](CC)N(CCCCCCN2C(=O)c3ccccc3C2=O)C1)N(C(C)C)C(C)C. The zero-order valence-corrected chi connectivity index (χ0v) is 24.7. The first kappa shape index (κ1) is 30.7. The molecule has 0 aromatic heterocycles. The number of hydrogen-bond acceptors (Lipinski definition) is 6. The van der Waals surface area contributed by atoms with E-state index in [-0.39, 0.29) is 17.9 Å². The Balaban J connectivity index is 1.43. The normalized spacial score (nSPS) is 20.7. The number of rotatable bonds is 16. The van der Waals surface area contributed by atoms with Crippen molar-refractivity contribution in [2.24, 2.45) is 0 Å². The van der Waals surface area contributed by atoms with E-state index in [1.807, 2.05) is 0 Å². The summed E-state index contributed by atoms with van der Waals surface area (Å²) in [5.74, 6) is -0.322. The van der Waals surface area contributed by atoms with Crippen LogP contribution in [0, 0.1) is 6.57 Å². The number of carbonyl (C=O) groups excluding carboxylic acids is 2. The molecule has 8 nitrogen and oxygen atoms in total. The Morgan fingerprint density at radius 3 is 2.18 bits per heavy atom. The van der Waals surface area contributed by atoms with Crippen molar-refractivity contribution in [1.82, 2.24) is 14.5 Å². The fraction of sp³-hybridized carbons (Fsp3) is 0.690. The first-order valence-electron chi connectivity index (χ1n) is 14.2. The van der Waals surface area contributed by atoms with Crippen molar-refractivity contribution in [3.8, 4) is 0 Å². The van der Waals surface area contributed by atoms with Crippen molar-refractivity contribution < 1.29 is 18.6 Å². The van der Waals surface area contributed by atoms with Gasteiger partial charge in [-0.2, -0.15) is 0 Å². The molecule has 0 radical (unpaired) electrons. The first-order valence-corrected chi connectivity index (χ1v) is 15.3. The van der Waals surface area contributed by atoms with Crippen LogP contribution in [0.4, 0.5) is 0 Å². The lowest BCUT2D eigenvalue weighted by atomic mass is 10.1. The second kappa shape index (κ2) is 15.1. The quantitative estimate of drug-likeness (QED) is 0.110. The second-order valence-corrected chi connectivity index (χ2v) is 12.2. The predicted octanol–water partition coefficient (Wildman–Crippen LogP) is 5.99.